The van der Waals surface area contributed by atoms with Crippen molar-refractivity contribution in [1.29, 1.82) is 0 Å². The van der Waals surface area contributed by atoms with Crippen molar-refractivity contribution in [3.63, 3.8) is 0 Å². The Morgan fingerprint density at radius 1 is 1.91 bits per heavy atom. The summed E-state index contributed by atoms with van der Waals surface area (Å²) in [6.45, 7) is 0. The van der Waals surface area contributed by atoms with E-state index in [0.29, 0.717) is 0 Å². The number of rotatable bonds is 1. The highest BCUT2D eigenvalue weighted by atomic mass is 16.3. The zero-order chi connectivity index (χ0) is 8.43. The van der Waals surface area contributed by atoms with Crippen LogP contribution in [0, 0.1) is 0 Å². The van der Waals surface area contributed by atoms with E-state index in [4.69, 9.17) is 10.8 Å². The van der Waals surface area contributed by atoms with Crippen molar-refractivity contribution in [2.24, 2.45) is 10.7 Å². The predicted molar refractivity (Wildman–Crippen MR) is 39.5 cm³/mol. The minimum atomic E-state index is -0.766. The van der Waals surface area contributed by atoms with E-state index < -0.39 is 12.1 Å². The van der Waals surface area contributed by atoms with Crippen LogP contribution in [0.5, 0.6) is 0 Å². The van der Waals surface area contributed by atoms with Gasteiger partial charge in [0.1, 0.15) is 5.70 Å². The van der Waals surface area contributed by atoms with Crippen LogP contribution in [-0.4, -0.2) is 35.4 Å². The Bertz CT molecular complexity index is 234. The third-order valence-corrected chi connectivity index (χ3v) is 1.34. The predicted octanol–water partition coefficient (Wildman–Crippen LogP) is -1.35. The van der Waals surface area contributed by atoms with E-state index in [2.05, 4.69) is 4.99 Å². The standard InChI is InChI=1S/C6H9N3O2/c1-9-3-4(6(7)11)8-2-5(9)10/h2-3,5,10H,1H3,(H2,7,11). The van der Waals surface area contributed by atoms with E-state index in [-0.39, 0.29) is 5.70 Å². The Morgan fingerprint density at radius 3 is 3.00 bits per heavy atom. The molecule has 0 spiro atoms. The number of amides is 1. The maximum Gasteiger partial charge on any atom is 0.268 e. The minimum absolute atomic E-state index is 0.151. The van der Waals surface area contributed by atoms with Crippen molar-refractivity contribution >= 4 is 12.1 Å². The van der Waals surface area contributed by atoms with Crippen LogP contribution < -0.4 is 5.73 Å². The first-order chi connectivity index (χ1) is 5.11. The number of hydrogen-bond donors (Lipinski definition) is 2. The molecule has 5 nitrogen and oxygen atoms in total. The lowest BCUT2D eigenvalue weighted by atomic mass is 10.4. The number of aliphatic imine (C=N–C) groups is 1. The van der Waals surface area contributed by atoms with Crippen LogP contribution in [0.25, 0.3) is 0 Å². The summed E-state index contributed by atoms with van der Waals surface area (Å²) >= 11 is 0. The molecule has 11 heavy (non-hydrogen) atoms. The second-order valence-electron chi connectivity index (χ2n) is 2.24. The monoisotopic (exact) mass is 155 g/mol. The van der Waals surface area contributed by atoms with Gasteiger partial charge in [0.25, 0.3) is 5.91 Å². The molecule has 0 saturated carbocycles. The number of aliphatic hydroxyl groups is 1. The summed E-state index contributed by atoms with van der Waals surface area (Å²) in [7, 11) is 1.62. The summed E-state index contributed by atoms with van der Waals surface area (Å²) in [5.41, 5.74) is 5.10. The summed E-state index contributed by atoms with van der Waals surface area (Å²) in [6.07, 6.45) is 1.88. The van der Waals surface area contributed by atoms with Crippen molar-refractivity contribution in [2.75, 3.05) is 7.05 Å². The van der Waals surface area contributed by atoms with Crippen LogP contribution >= 0.6 is 0 Å². The summed E-state index contributed by atoms with van der Waals surface area (Å²) in [5.74, 6) is -0.597. The van der Waals surface area contributed by atoms with Gasteiger partial charge in [-0.2, -0.15) is 0 Å². The van der Waals surface area contributed by atoms with Gasteiger partial charge in [0.15, 0.2) is 6.23 Å². The molecule has 0 fully saturated rings. The Balaban J connectivity index is 2.80. The Kier molecular flexibility index (Phi) is 1.91. The molecule has 0 aliphatic carbocycles. The number of primary amides is 1. The van der Waals surface area contributed by atoms with Crippen molar-refractivity contribution in [3.05, 3.63) is 11.9 Å². The quantitative estimate of drug-likeness (QED) is 0.491. The fraction of sp³-hybridized carbons (Fsp3) is 0.333. The van der Waals surface area contributed by atoms with E-state index in [1.165, 1.54) is 17.3 Å². The molecule has 1 rings (SSSR count). The van der Waals surface area contributed by atoms with E-state index >= 15 is 0 Å². The van der Waals surface area contributed by atoms with Crippen LogP contribution in [0.4, 0.5) is 0 Å². The molecule has 60 valence electrons. The number of nitrogens with two attached hydrogens (primary N) is 1. The second kappa shape index (κ2) is 2.71. The molecule has 1 unspecified atom stereocenters. The molecule has 1 aliphatic heterocycles. The molecule has 1 aliphatic rings. The smallest absolute Gasteiger partial charge is 0.268 e. The average Bonchev–Trinajstić information content (AvgIpc) is 1.94. The fourth-order valence-corrected chi connectivity index (χ4v) is 0.682. The third kappa shape index (κ3) is 1.56. The highest BCUT2D eigenvalue weighted by Crippen LogP contribution is 2.05. The highest BCUT2D eigenvalue weighted by Gasteiger charge is 2.13. The Hall–Kier alpha value is -1.36. The molecule has 0 saturated heterocycles. The second-order valence-corrected chi connectivity index (χ2v) is 2.24. The molecule has 3 N–H and O–H groups in total. The molecule has 1 amide bonds. The molecule has 0 aromatic rings. The fourth-order valence-electron chi connectivity index (χ4n) is 0.682. The molecule has 0 radical (unpaired) electrons. The lowest BCUT2D eigenvalue weighted by Gasteiger charge is -2.21. The largest absolute Gasteiger partial charge is 0.368 e. The Labute approximate surface area is 63.8 Å². The summed E-state index contributed by atoms with van der Waals surface area (Å²) < 4.78 is 0. The van der Waals surface area contributed by atoms with Crippen LogP contribution in [-0.2, 0) is 4.79 Å². The summed E-state index contributed by atoms with van der Waals surface area (Å²) in [6, 6.07) is 0. The number of aliphatic hydroxyl groups excluding tert-OH is 1. The van der Waals surface area contributed by atoms with Gasteiger partial charge in [-0.3, -0.25) is 4.79 Å². The zero-order valence-corrected chi connectivity index (χ0v) is 6.06. The third-order valence-electron chi connectivity index (χ3n) is 1.34. The molecular weight excluding hydrogens is 146 g/mol. The maximum absolute atomic E-state index is 10.5. The molecule has 1 heterocycles. The van der Waals surface area contributed by atoms with Gasteiger partial charge in [0.2, 0.25) is 0 Å². The zero-order valence-electron chi connectivity index (χ0n) is 6.06. The van der Waals surface area contributed by atoms with E-state index in [1.54, 1.807) is 7.05 Å². The van der Waals surface area contributed by atoms with E-state index in [1.807, 2.05) is 0 Å². The normalized spacial score (nSPS) is 23.3. The van der Waals surface area contributed by atoms with Crippen LogP contribution in [0.2, 0.25) is 0 Å². The minimum Gasteiger partial charge on any atom is -0.368 e. The van der Waals surface area contributed by atoms with Gasteiger partial charge >= 0.3 is 0 Å². The number of hydrogen-bond acceptors (Lipinski definition) is 4. The lowest BCUT2D eigenvalue weighted by Crippen LogP contribution is -2.32. The van der Waals surface area contributed by atoms with Gasteiger partial charge in [-0.1, -0.05) is 0 Å². The molecule has 0 aromatic carbocycles. The van der Waals surface area contributed by atoms with Gasteiger partial charge in [-0.05, 0) is 0 Å². The van der Waals surface area contributed by atoms with Crippen molar-refractivity contribution in [3.8, 4) is 0 Å². The highest BCUT2D eigenvalue weighted by molar-refractivity contribution is 5.93. The van der Waals surface area contributed by atoms with Gasteiger partial charge in [-0.15, -0.1) is 0 Å². The first-order valence-corrected chi connectivity index (χ1v) is 3.07. The van der Waals surface area contributed by atoms with Gasteiger partial charge in [0.05, 0.1) is 6.21 Å². The first kappa shape index (κ1) is 7.74. The molecule has 1 atom stereocenters. The van der Waals surface area contributed by atoms with Crippen molar-refractivity contribution < 1.29 is 9.90 Å². The molecular formula is C6H9N3O2. The van der Waals surface area contributed by atoms with Crippen LogP contribution in [0.1, 0.15) is 0 Å². The molecule has 0 aromatic heterocycles. The van der Waals surface area contributed by atoms with Gasteiger partial charge < -0.3 is 15.7 Å². The van der Waals surface area contributed by atoms with Gasteiger partial charge in [0, 0.05) is 13.2 Å². The van der Waals surface area contributed by atoms with Gasteiger partial charge in [-0.25, -0.2) is 4.99 Å². The Morgan fingerprint density at radius 2 is 2.55 bits per heavy atom. The summed E-state index contributed by atoms with van der Waals surface area (Å²) in [4.78, 5) is 15.6. The van der Waals surface area contributed by atoms with E-state index in [9.17, 15) is 4.79 Å². The average molecular weight is 155 g/mol. The van der Waals surface area contributed by atoms with Crippen molar-refractivity contribution in [1.82, 2.24) is 4.90 Å². The topological polar surface area (TPSA) is 78.9 Å². The van der Waals surface area contributed by atoms with Crippen molar-refractivity contribution in [2.45, 2.75) is 6.23 Å². The molecule has 0 bridgehead atoms. The number of nitrogens with zero attached hydrogens (tertiary/aromatic N) is 2. The van der Waals surface area contributed by atoms with Crippen LogP contribution in [0.3, 0.4) is 0 Å². The van der Waals surface area contributed by atoms with E-state index in [0.717, 1.165) is 0 Å². The molecule has 5 heteroatoms. The SMILES string of the molecule is CN1C=C(C(N)=O)N=CC1O. The number of carbonyl (C=O) groups is 1. The first-order valence-electron chi connectivity index (χ1n) is 3.07. The summed E-state index contributed by atoms with van der Waals surface area (Å²) in [5, 5.41) is 9.06. The maximum atomic E-state index is 10.5. The lowest BCUT2D eigenvalue weighted by molar-refractivity contribution is -0.114. The van der Waals surface area contributed by atoms with Crippen LogP contribution in [0.15, 0.2) is 16.9 Å². The number of carbonyl (C=O) groups excluding carboxylic acids is 1.